The second-order valence-electron chi connectivity index (χ2n) is 8.46. The Morgan fingerprint density at radius 2 is 0.780 bits per heavy atom. The largest absolute Gasteiger partial charge is 0.491 e. The molecule has 0 heterocycles. The van der Waals surface area contributed by atoms with Crippen LogP contribution in [0.5, 0.6) is 5.75 Å². The van der Waals surface area contributed by atoms with Gasteiger partial charge in [0.15, 0.2) is 0 Å². The van der Waals surface area contributed by atoms with E-state index in [0.29, 0.717) is 125 Å². The lowest BCUT2D eigenvalue weighted by Crippen LogP contribution is -2.15. The maximum Gasteiger partial charge on any atom is 0.269 e. The van der Waals surface area contributed by atoms with Crippen LogP contribution in [0.4, 0.5) is 5.69 Å². The Hall–Kier alpha value is -1.94. The third kappa shape index (κ3) is 25.5. The summed E-state index contributed by atoms with van der Waals surface area (Å²) in [7, 11) is 0. The van der Waals surface area contributed by atoms with Crippen molar-refractivity contribution in [2.75, 3.05) is 126 Å². The van der Waals surface area contributed by atoms with E-state index in [1.165, 1.54) is 12.1 Å². The van der Waals surface area contributed by atoms with Crippen molar-refractivity contribution in [3.63, 3.8) is 0 Å². The number of hydrogen-bond acceptors (Lipinski definition) is 12. The molecular weight excluding hydrogens is 542 g/mol. The monoisotopic (exact) mass is 591 g/mol. The van der Waals surface area contributed by atoms with Crippen molar-refractivity contribution in [3.05, 3.63) is 34.4 Å². The molecule has 0 aromatic heterocycles. The number of rotatable bonds is 32. The quantitative estimate of drug-likeness (QED) is 0.0692. The van der Waals surface area contributed by atoms with Crippen LogP contribution in [-0.2, 0) is 42.6 Å². The van der Waals surface area contributed by atoms with Crippen molar-refractivity contribution in [1.82, 2.24) is 0 Å². The first-order valence-electron chi connectivity index (χ1n) is 14.3. The van der Waals surface area contributed by atoms with E-state index in [2.05, 4.69) is 6.92 Å². The zero-order valence-corrected chi connectivity index (χ0v) is 24.5. The fourth-order valence-corrected chi connectivity index (χ4v) is 2.99. The van der Waals surface area contributed by atoms with Gasteiger partial charge in [-0.05, 0) is 18.6 Å². The molecule has 238 valence electrons. The minimum atomic E-state index is -0.450. The molecule has 0 spiro atoms. The van der Waals surface area contributed by atoms with E-state index in [9.17, 15) is 10.1 Å². The van der Waals surface area contributed by atoms with Gasteiger partial charge in [0.2, 0.25) is 0 Å². The van der Waals surface area contributed by atoms with Gasteiger partial charge in [0, 0.05) is 18.7 Å². The van der Waals surface area contributed by atoms with E-state index in [1.807, 2.05) is 0 Å². The van der Waals surface area contributed by atoms with Crippen LogP contribution in [0.25, 0.3) is 0 Å². The van der Waals surface area contributed by atoms with Gasteiger partial charge < -0.3 is 47.4 Å². The summed E-state index contributed by atoms with van der Waals surface area (Å²) in [6.45, 7) is 11.9. The highest BCUT2D eigenvalue weighted by atomic mass is 16.6. The summed E-state index contributed by atoms with van der Waals surface area (Å²) in [6, 6.07) is 5.92. The van der Waals surface area contributed by atoms with Gasteiger partial charge in [0.05, 0.1) is 117 Å². The SMILES string of the molecule is CCCCOCCOCCOCCOCCOCCOCCOCCOCCOCCOc1ccc([N+](=O)[O-])cc1. The standard InChI is InChI=1S/C28H49NO12/c1-2-3-8-32-9-10-33-11-12-34-13-14-35-15-16-36-17-18-37-19-20-38-21-22-39-23-24-40-25-26-41-28-6-4-27(5-7-28)29(30)31/h4-7H,2-3,8-26H2,1H3. The Morgan fingerprint density at radius 1 is 0.488 bits per heavy atom. The predicted molar refractivity (Wildman–Crippen MR) is 151 cm³/mol. The van der Waals surface area contributed by atoms with Gasteiger partial charge in [-0.15, -0.1) is 0 Å². The van der Waals surface area contributed by atoms with Gasteiger partial charge in [-0.2, -0.15) is 0 Å². The molecule has 0 radical (unpaired) electrons. The van der Waals surface area contributed by atoms with Crippen LogP contribution >= 0.6 is 0 Å². The average Bonchev–Trinajstić information content (AvgIpc) is 2.98. The van der Waals surface area contributed by atoms with E-state index in [0.717, 1.165) is 19.4 Å². The fourth-order valence-electron chi connectivity index (χ4n) is 2.99. The summed E-state index contributed by atoms with van der Waals surface area (Å²) in [5.74, 6) is 0.559. The molecule has 13 nitrogen and oxygen atoms in total. The third-order valence-corrected chi connectivity index (χ3v) is 5.16. The average molecular weight is 592 g/mol. The number of nitrogens with zero attached hydrogens (tertiary/aromatic N) is 1. The van der Waals surface area contributed by atoms with Crippen LogP contribution in [0.2, 0.25) is 0 Å². The molecule has 13 heteroatoms. The highest BCUT2D eigenvalue weighted by molar-refractivity contribution is 5.35. The summed E-state index contributed by atoms with van der Waals surface area (Å²) in [5.41, 5.74) is 0.0284. The van der Waals surface area contributed by atoms with Crippen molar-refractivity contribution < 1.29 is 52.3 Å². The Bertz CT molecular complexity index is 695. The molecule has 1 aromatic carbocycles. The Morgan fingerprint density at radius 3 is 1.07 bits per heavy atom. The highest BCUT2D eigenvalue weighted by Gasteiger charge is 2.04. The van der Waals surface area contributed by atoms with E-state index in [-0.39, 0.29) is 5.69 Å². The van der Waals surface area contributed by atoms with Crippen LogP contribution < -0.4 is 4.74 Å². The number of benzene rings is 1. The number of non-ortho nitro benzene ring substituents is 1. The zero-order valence-electron chi connectivity index (χ0n) is 24.5. The Labute approximate surface area is 243 Å². The molecule has 0 fully saturated rings. The van der Waals surface area contributed by atoms with Crippen LogP contribution in [0.3, 0.4) is 0 Å². The molecule has 1 aromatic rings. The van der Waals surface area contributed by atoms with Gasteiger partial charge in [0.1, 0.15) is 12.4 Å². The first kappa shape index (κ1) is 37.1. The summed E-state index contributed by atoms with van der Waals surface area (Å²) < 4.78 is 54.4. The molecule has 0 saturated carbocycles. The second-order valence-corrected chi connectivity index (χ2v) is 8.46. The molecule has 0 bridgehead atoms. The summed E-state index contributed by atoms with van der Waals surface area (Å²) >= 11 is 0. The first-order chi connectivity index (χ1) is 20.2. The van der Waals surface area contributed by atoms with Crippen molar-refractivity contribution >= 4 is 5.69 Å². The summed E-state index contributed by atoms with van der Waals surface area (Å²) in [5, 5.41) is 10.6. The molecule has 0 unspecified atom stereocenters. The number of nitro benzene ring substituents is 1. The van der Waals surface area contributed by atoms with Crippen molar-refractivity contribution in [3.8, 4) is 5.75 Å². The summed E-state index contributed by atoms with van der Waals surface area (Å²) in [4.78, 5) is 10.2. The maximum atomic E-state index is 10.6. The molecule has 41 heavy (non-hydrogen) atoms. The van der Waals surface area contributed by atoms with E-state index < -0.39 is 4.92 Å². The third-order valence-electron chi connectivity index (χ3n) is 5.16. The smallest absolute Gasteiger partial charge is 0.269 e. The van der Waals surface area contributed by atoms with Crippen LogP contribution in [0.1, 0.15) is 19.8 Å². The predicted octanol–water partition coefficient (Wildman–Crippen LogP) is 2.92. The molecule has 0 atom stereocenters. The normalized spacial score (nSPS) is 11.2. The highest BCUT2D eigenvalue weighted by Crippen LogP contribution is 2.17. The number of unbranched alkanes of at least 4 members (excludes halogenated alkanes) is 1. The lowest BCUT2D eigenvalue weighted by molar-refractivity contribution is -0.384. The van der Waals surface area contributed by atoms with Crippen molar-refractivity contribution in [1.29, 1.82) is 0 Å². The summed E-state index contributed by atoms with van der Waals surface area (Å²) in [6.07, 6.45) is 2.23. The maximum absolute atomic E-state index is 10.6. The van der Waals surface area contributed by atoms with Gasteiger partial charge in [0.25, 0.3) is 5.69 Å². The zero-order chi connectivity index (χ0) is 29.5. The fraction of sp³-hybridized carbons (Fsp3) is 0.786. The minimum absolute atomic E-state index is 0.0284. The minimum Gasteiger partial charge on any atom is -0.491 e. The van der Waals surface area contributed by atoms with E-state index in [1.54, 1.807) is 12.1 Å². The van der Waals surface area contributed by atoms with Gasteiger partial charge >= 0.3 is 0 Å². The lowest BCUT2D eigenvalue weighted by atomic mass is 10.3. The van der Waals surface area contributed by atoms with E-state index >= 15 is 0 Å². The first-order valence-corrected chi connectivity index (χ1v) is 14.3. The molecule has 0 aliphatic heterocycles. The molecule has 1 rings (SSSR count). The van der Waals surface area contributed by atoms with Crippen LogP contribution in [0.15, 0.2) is 24.3 Å². The molecule has 0 aliphatic rings. The second kappa shape index (κ2) is 29.5. The Balaban J connectivity index is 1.67. The lowest BCUT2D eigenvalue weighted by Gasteiger charge is -2.09. The van der Waals surface area contributed by atoms with Gasteiger partial charge in [-0.25, -0.2) is 0 Å². The molecule has 0 N–H and O–H groups in total. The van der Waals surface area contributed by atoms with E-state index in [4.69, 9.17) is 47.4 Å². The van der Waals surface area contributed by atoms with Gasteiger partial charge in [-0.3, -0.25) is 10.1 Å². The van der Waals surface area contributed by atoms with Crippen LogP contribution in [-0.4, -0.2) is 130 Å². The molecule has 0 aliphatic carbocycles. The topological polar surface area (TPSA) is 135 Å². The van der Waals surface area contributed by atoms with Crippen molar-refractivity contribution in [2.24, 2.45) is 0 Å². The molecular formula is C28H49NO12. The number of ether oxygens (including phenoxy) is 10. The number of hydrogen-bond donors (Lipinski definition) is 0. The molecule has 0 amide bonds. The Kier molecular flexibility index (Phi) is 26.7. The van der Waals surface area contributed by atoms with Crippen LogP contribution in [0, 0.1) is 10.1 Å². The number of nitro groups is 1. The van der Waals surface area contributed by atoms with Gasteiger partial charge in [-0.1, -0.05) is 13.3 Å². The molecule has 0 saturated heterocycles. The van der Waals surface area contributed by atoms with Crippen molar-refractivity contribution in [2.45, 2.75) is 19.8 Å².